The molecular formula is C12H11N3O2. The number of hydrogen-bond donors (Lipinski definition) is 3. The molecule has 2 aromatic rings. The minimum absolute atomic E-state index is 0.0558. The summed E-state index contributed by atoms with van der Waals surface area (Å²) in [6.07, 6.45) is 1.25. The third kappa shape index (κ3) is 1.75. The quantitative estimate of drug-likeness (QED) is 0.688. The summed E-state index contributed by atoms with van der Waals surface area (Å²) in [5.41, 5.74) is 3.52. The fraction of sp³-hybridized carbons (Fsp3) is 0.167. The standard InChI is InChI=1S/C12H11N3O2/c16-11-4-2-7-5-8(1-3-9(7)13-11)10-6-12(17)15-14-10/h1,3,5-6H,2,4H2,(H,13,16)(H2,14,15,17). The minimum Gasteiger partial charge on any atom is -0.326 e. The largest absolute Gasteiger partial charge is 0.326 e. The van der Waals surface area contributed by atoms with Crippen molar-refractivity contribution in [3.05, 3.63) is 40.2 Å². The van der Waals surface area contributed by atoms with Gasteiger partial charge in [0.05, 0.1) is 5.69 Å². The van der Waals surface area contributed by atoms with Crippen LogP contribution in [0.1, 0.15) is 12.0 Å². The van der Waals surface area contributed by atoms with Crippen molar-refractivity contribution >= 4 is 11.6 Å². The maximum atomic E-state index is 11.2. The molecular weight excluding hydrogens is 218 g/mol. The Labute approximate surface area is 96.8 Å². The van der Waals surface area contributed by atoms with Gasteiger partial charge in [0.2, 0.25) is 5.91 Å². The van der Waals surface area contributed by atoms with Gasteiger partial charge in [0.15, 0.2) is 0 Å². The topological polar surface area (TPSA) is 77.8 Å². The molecule has 86 valence electrons. The van der Waals surface area contributed by atoms with Crippen LogP contribution in [-0.2, 0) is 11.2 Å². The predicted octanol–water partition coefficient (Wildman–Crippen LogP) is 1.25. The average Bonchev–Trinajstić information content (AvgIpc) is 2.75. The lowest BCUT2D eigenvalue weighted by Gasteiger charge is -2.17. The number of hydrogen-bond acceptors (Lipinski definition) is 2. The second-order valence-electron chi connectivity index (χ2n) is 4.09. The highest BCUT2D eigenvalue weighted by atomic mass is 16.1. The molecule has 1 amide bonds. The summed E-state index contributed by atoms with van der Waals surface area (Å²) in [5, 5.41) is 8.14. The van der Waals surface area contributed by atoms with Gasteiger partial charge in [-0.05, 0) is 24.1 Å². The highest BCUT2D eigenvalue weighted by Gasteiger charge is 2.15. The molecule has 5 nitrogen and oxygen atoms in total. The fourth-order valence-corrected chi connectivity index (χ4v) is 2.04. The van der Waals surface area contributed by atoms with Crippen molar-refractivity contribution < 1.29 is 4.79 Å². The Balaban J connectivity index is 2.04. The number of aryl methyl sites for hydroxylation is 1. The van der Waals surface area contributed by atoms with Crippen molar-refractivity contribution in [3.63, 3.8) is 0 Å². The van der Waals surface area contributed by atoms with Crippen LogP contribution in [0.25, 0.3) is 11.3 Å². The van der Waals surface area contributed by atoms with E-state index in [0.29, 0.717) is 6.42 Å². The Kier molecular flexibility index (Phi) is 2.11. The molecule has 1 aliphatic rings. The number of nitrogens with one attached hydrogen (secondary N) is 3. The smallest absolute Gasteiger partial charge is 0.264 e. The van der Waals surface area contributed by atoms with Crippen molar-refractivity contribution in [1.29, 1.82) is 0 Å². The molecule has 3 N–H and O–H groups in total. The molecule has 0 bridgehead atoms. The molecule has 0 radical (unpaired) electrons. The molecule has 0 saturated heterocycles. The number of carbonyl (C=O) groups excluding carboxylic acids is 1. The van der Waals surface area contributed by atoms with Crippen LogP contribution in [0.15, 0.2) is 29.1 Å². The number of aromatic nitrogens is 2. The first-order valence-electron chi connectivity index (χ1n) is 5.43. The summed E-state index contributed by atoms with van der Waals surface area (Å²) in [4.78, 5) is 22.3. The van der Waals surface area contributed by atoms with Gasteiger partial charge >= 0.3 is 0 Å². The summed E-state index contributed by atoms with van der Waals surface area (Å²) in [6, 6.07) is 7.26. The third-order valence-electron chi connectivity index (χ3n) is 2.91. The van der Waals surface area contributed by atoms with E-state index in [9.17, 15) is 9.59 Å². The van der Waals surface area contributed by atoms with Gasteiger partial charge in [-0.3, -0.25) is 19.8 Å². The number of carbonyl (C=O) groups is 1. The van der Waals surface area contributed by atoms with Crippen molar-refractivity contribution in [1.82, 2.24) is 10.2 Å². The number of fused-ring (bicyclic) bond motifs is 1. The molecule has 1 aromatic heterocycles. The Morgan fingerprint density at radius 1 is 1.00 bits per heavy atom. The van der Waals surface area contributed by atoms with E-state index in [0.717, 1.165) is 28.9 Å². The maximum Gasteiger partial charge on any atom is 0.264 e. The van der Waals surface area contributed by atoms with Gasteiger partial charge in [-0.25, -0.2) is 0 Å². The molecule has 1 aliphatic heterocycles. The van der Waals surface area contributed by atoms with E-state index in [2.05, 4.69) is 15.5 Å². The zero-order valence-corrected chi connectivity index (χ0v) is 9.04. The zero-order valence-electron chi connectivity index (χ0n) is 9.04. The highest BCUT2D eigenvalue weighted by Crippen LogP contribution is 2.27. The summed E-state index contributed by atoms with van der Waals surface area (Å²) < 4.78 is 0. The van der Waals surface area contributed by atoms with Crippen LogP contribution in [-0.4, -0.2) is 16.1 Å². The van der Waals surface area contributed by atoms with Crippen molar-refractivity contribution in [2.24, 2.45) is 0 Å². The second-order valence-corrected chi connectivity index (χ2v) is 4.09. The van der Waals surface area contributed by atoms with E-state index in [1.165, 1.54) is 6.07 Å². The number of H-pyrrole nitrogens is 2. The van der Waals surface area contributed by atoms with E-state index in [4.69, 9.17) is 0 Å². The molecule has 2 heterocycles. The molecule has 5 heteroatoms. The van der Waals surface area contributed by atoms with Crippen molar-refractivity contribution in [3.8, 4) is 11.3 Å². The number of rotatable bonds is 1. The molecule has 0 atom stereocenters. The fourth-order valence-electron chi connectivity index (χ4n) is 2.04. The lowest BCUT2D eigenvalue weighted by Crippen LogP contribution is -2.18. The first kappa shape index (κ1) is 9.89. The molecule has 0 spiro atoms. The lowest BCUT2D eigenvalue weighted by atomic mass is 9.99. The highest BCUT2D eigenvalue weighted by molar-refractivity contribution is 5.94. The Morgan fingerprint density at radius 3 is 2.65 bits per heavy atom. The molecule has 1 aromatic carbocycles. The van der Waals surface area contributed by atoms with E-state index >= 15 is 0 Å². The van der Waals surface area contributed by atoms with Crippen LogP contribution in [0.2, 0.25) is 0 Å². The van der Waals surface area contributed by atoms with Gasteiger partial charge in [0.1, 0.15) is 0 Å². The molecule has 0 fully saturated rings. The zero-order chi connectivity index (χ0) is 11.8. The number of benzene rings is 1. The van der Waals surface area contributed by atoms with Crippen LogP contribution in [0.5, 0.6) is 0 Å². The lowest BCUT2D eigenvalue weighted by molar-refractivity contribution is -0.116. The monoisotopic (exact) mass is 229 g/mol. The molecule has 3 rings (SSSR count). The predicted molar refractivity (Wildman–Crippen MR) is 63.8 cm³/mol. The van der Waals surface area contributed by atoms with Crippen molar-refractivity contribution in [2.45, 2.75) is 12.8 Å². The minimum atomic E-state index is -0.147. The van der Waals surface area contributed by atoms with Gasteiger partial charge in [0, 0.05) is 23.7 Å². The van der Waals surface area contributed by atoms with Crippen LogP contribution in [0, 0.1) is 0 Å². The van der Waals surface area contributed by atoms with Crippen molar-refractivity contribution in [2.75, 3.05) is 5.32 Å². The SMILES string of the molecule is O=C1CCc2cc(-c3cc(=O)[nH][nH]3)ccc2N1. The van der Waals surface area contributed by atoms with Gasteiger partial charge in [-0.1, -0.05) is 6.07 Å². The summed E-state index contributed by atoms with van der Waals surface area (Å²) in [5.74, 6) is 0.0558. The van der Waals surface area contributed by atoms with Gasteiger partial charge in [0.25, 0.3) is 5.56 Å². The van der Waals surface area contributed by atoms with E-state index in [1.54, 1.807) is 0 Å². The number of anilines is 1. The van der Waals surface area contributed by atoms with Crippen LogP contribution < -0.4 is 10.9 Å². The normalized spacial score (nSPS) is 14.2. The van der Waals surface area contributed by atoms with E-state index in [1.807, 2.05) is 18.2 Å². The van der Waals surface area contributed by atoms with Crippen LogP contribution in [0.3, 0.4) is 0 Å². The van der Waals surface area contributed by atoms with Gasteiger partial charge in [-0.15, -0.1) is 0 Å². The van der Waals surface area contributed by atoms with Gasteiger partial charge in [-0.2, -0.15) is 0 Å². The first-order valence-corrected chi connectivity index (χ1v) is 5.43. The summed E-state index contributed by atoms with van der Waals surface area (Å²) in [6.45, 7) is 0. The Hall–Kier alpha value is -2.30. The Morgan fingerprint density at radius 2 is 1.88 bits per heavy atom. The van der Waals surface area contributed by atoms with Crippen LogP contribution >= 0.6 is 0 Å². The third-order valence-corrected chi connectivity index (χ3v) is 2.91. The van der Waals surface area contributed by atoms with Crippen LogP contribution in [0.4, 0.5) is 5.69 Å². The summed E-state index contributed by atoms with van der Waals surface area (Å²) in [7, 11) is 0. The van der Waals surface area contributed by atoms with E-state index in [-0.39, 0.29) is 11.5 Å². The van der Waals surface area contributed by atoms with Gasteiger partial charge < -0.3 is 5.32 Å². The molecule has 0 unspecified atom stereocenters. The molecule has 17 heavy (non-hydrogen) atoms. The number of aromatic amines is 2. The average molecular weight is 229 g/mol. The first-order chi connectivity index (χ1) is 8.22. The number of amides is 1. The van der Waals surface area contributed by atoms with E-state index < -0.39 is 0 Å². The molecule has 0 saturated carbocycles. The second kappa shape index (κ2) is 3.62. The Bertz CT molecular complexity index is 639. The maximum absolute atomic E-state index is 11.2. The molecule has 0 aliphatic carbocycles. The summed E-state index contributed by atoms with van der Waals surface area (Å²) >= 11 is 0.